The summed E-state index contributed by atoms with van der Waals surface area (Å²) in [6.45, 7) is 0. The molecule has 114 valence electrons. The molecule has 1 heterocycles. The van der Waals surface area contributed by atoms with Gasteiger partial charge in [0.25, 0.3) is 0 Å². The largest absolute Gasteiger partial charge is 0.573 e. The topological polar surface area (TPSA) is 51.0 Å². The summed E-state index contributed by atoms with van der Waals surface area (Å²) in [4.78, 5) is 3.10. The van der Waals surface area contributed by atoms with Crippen molar-refractivity contribution >= 4 is 10.9 Å². The van der Waals surface area contributed by atoms with Crippen LogP contribution in [-0.4, -0.2) is 11.3 Å². The molecule has 3 aromatic rings. The summed E-state index contributed by atoms with van der Waals surface area (Å²) in [6, 6.07) is 12.8. The van der Waals surface area contributed by atoms with Crippen LogP contribution in [0.25, 0.3) is 10.9 Å². The zero-order valence-corrected chi connectivity index (χ0v) is 11.4. The molecule has 0 spiro atoms. The van der Waals surface area contributed by atoms with E-state index < -0.39 is 12.4 Å². The molecule has 0 saturated carbocycles. The molecule has 3 N–H and O–H groups in total. The average Bonchev–Trinajstić information content (AvgIpc) is 2.94. The number of halogens is 3. The summed E-state index contributed by atoms with van der Waals surface area (Å²) in [5.74, 6) is -0.261. The van der Waals surface area contributed by atoms with Crippen molar-refractivity contribution in [2.75, 3.05) is 0 Å². The van der Waals surface area contributed by atoms with E-state index in [2.05, 4.69) is 9.72 Å². The van der Waals surface area contributed by atoms with Crippen LogP contribution < -0.4 is 10.5 Å². The van der Waals surface area contributed by atoms with Crippen LogP contribution in [0.3, 0.4) is 0 Å². The lowest BCUT2D eigenvalue weighted by atomic mass is 9.97. The van der Waals surface area contributed by atoms with Crippen LogP contribution in [0.1, 0.15) is 17.2 Å². The van der Waals surface area contributed by atoms with Crippen LogP contribution in [0, 0.1) is 0 Å². The Morgan fingerprint density at radius 1 is 1.00 bits per heavy atom. The number of benzene rings is 2. The van der Waals surface area contributed by atoms with Crippen LogP contribution in [-0.2, 0) is 0 Å². The van der Waals surface area contributed by atoms with Crippen LogP contribution in [0.2, 0.25) is 0 Å². The molecule has 0 unspecified atom stereocenters. The predicted molar refractivity (Wildman–Crippen MR) is 77.5 cm³/mol. The first-order valence-electron chi connectivity index (χ1n) is 6.61. The monoisotopic (exact) mass is 306 g/mol. The lowest BCUT2D eigenvalue weighted by Gasteiger charge is -2.15. The Hall–Kier alpha value is -2.47. The number of aromatic nitrogens is 1. The SMILES string of the molecule is N[C@H](c1ccc(OC(F)(F)F)cc1)c1cccc2[nH]ccc12. The second-order valence-corrected chi connectivity index (χ2v) is 4.88. The number of H-pyrrole nitrogens is 1. The Labute approximate surface area is 124 Å². The Bertz CT molecular complexity index is 778. The molecule has 1 atom stereocenters. The van der Waals surface area contributed by atoms with Crippen LogP contribution in [0.15, 0.2) is 54.7 Å². The summed E-state index contributed by atoms with van der Waals surface area (Å²) < 4.78 is 40.3. The normalized spacial score (nSPS) is 13.3. The van der Waals surface area contributed by atoms with Gasteiger partial charge in [0.05, 0.1) is 6.04 Å². The van der Waals surface area contributed by atoms with E-state index >= 15 is 0 Å². The molecule has 0 saturated heterocycles. The van der Waals surface area contributed by atoms with E-state index in [1.807, 2.05) is 30.5 Å². The third-order valence-corrected chi connectivity index (χ3v) is 3.44. The summed E-state index contributed by atoms with van der Waals surface area (Å²) in [7, 11) is 0. The predicted octanol–water partition coefficient (Wildman–Crippen LogP) is 4.11. The summed E-state index contributed by atoms with van der Waals surface area (Å²) >= 11 is 0. The smallest absolute Gasteiger partial charge is 0.406 e. The summed E-state index contributed by atoms with van der Waals surface area (Å²) in [6.07, 6.45) is -2.87. The maximum absolute atomic E-state index is 12.2. The van der Waals surface area contributed by atoms with Gasteiger partial charge in [-0.25, -0.2) is 0 Å². The number of rotatable bonds is 3. The zero-order chi connectivity index (χ0) is 15.7. The van der Waals surface area contributed by atoms with E-state index in [9.17, 15) is 13.2 Å². The number of nitrogens with one attached hydrogen (secondary N) is 1. The van der Waals surface area contributed by atoms with Crippen molar-refractivity contribution in [2.45, 2.75) is 12.4 Å². The Balaban J connectivity index is 1.89. The van der Waals surface area contributed by atoms with Crippen molar-refractivity contribution < 1.29 is 17.9 Å². The number of aromatic amines is 1. The Morgan fingerprint density at radius 3 is 2.41 bits per heavy atom. The molecule has 1 aromatic heterocycles. The average molecular weight is 306 g/mol. The number of ether oxygens (including phenoxy) is 1. The van der Waals surface area contributed by atoms with Gasteiger partial charge in [0.1, 0.15) is 5.75 Å². The molecule has 2 aromatic carbocycles. The minimum absolute atomic E-state index is 0.261. The highest BCUT2D eigenvalue weighted by Gasteiger charge is 2.31. The fourth-order valence-corrected chi connectivity index (χ4v) is 2.44. The number of hydrogen-bond donors (Lipinski definition) is 2. The zero-order valence-electron chi connectivity index (χ0n) is 11.4. The van der Waals surface area contributed by atoms with E-state index in [4.69, 9.17) is 5.73 Å². The van der Waals surface area contributed by atoms with Gasteiger partial charge in [-0.1, -0.05) is 24.3 Å². The van der Waals surface area contributed by atoms with Crippen molar-refractivity contribution in [3.05, 3.63) is 65.9 Å². The lowest BCUT2D eigenvalue weighted by molar-refractivity contribution is -0.274. The maximum Gasteiger partial charge on any atom is 0.573 e. The number of fused-ring (bicyclic) bond motifs is 1. The molecule has 0 radical (unpaired) electrons. The third-order valence-electron chi connectivity index (χ3n) is 3.44. The fourth-order valence-electron chi connectivity index (χ4n) is 2.44. The highest BCUT2D eigenvalue weighted by molar-refractivity contribution is 5.83. The molecule has 0 aliphatic heterocycles. The van der Waals surface area contributed by atoms with Crippen LogP contribution in [0.5, 0.6) is 5.75 Å². The van der Waals surface area contributed by atoms with Crippen molar-refractivity contribution in [3.63, 3.8) is 0 Å². The highest BCUT2D eigenvalue weighted by Crippen LogP contribution is 2.29. The van der Waals surface area contributed by atoms with Gasteiger partial charge in [-0.05, 0) is 35.4 Å². The molecule has 6 heteroatoms. The lowest BCUT2D eigenvalue weighted by Crippen LogP contribution is -2.17. The van der Waals surface area contributed by atoms with Gasteiger partial charge in [-0.15, -0.1) is 13.2 Å². The fraction of sp³-hybridized carbons (Fsp3) is 0.125. The molecule has 3 nitrogen and oxygen atoms in total. The first kappa shape index (κ1) is 14.5. The Morgan fingerprint density at radius 2 is 1.73 bits per heavy atom. The molecule has 0 aliphatic carbocycles. The van der Waals surface area contributed by atoms with E-state index in [-0.39, 0.29) is 5.75 Å². The number of alkyl halides is 3. The van der Waals surface area contributed by atoms with Crippen LogP contribution >= 0.6 is 0 Å². The Kier molecular flexibility index (Phi) is 3.54. The molecule has 0 aliphatic rings. The van der Waals surface area contributed by atoms with Crippen LogP contribution in [0.4, 0.5) is 13.2 Å². The molecular weight excluding hydrogens is 293 g/mol. The van der Waals surface area contributed by atoms with Crippen molar-refractivity contribution in [2.24, 2.45) is 5.73 Å². The summed E-state index contributed by atoms with van der Waals surface area (Å²) in [5, 5.41) is 0.991. The van der Waals surface area contributed by atoms with Gasteiger partial charge in [0.2, 0.25) is 0 Å². The van der Waals surface area contributed by atoms with Gasteiger partial charge in [-0.3, -0.25) is 0 Å². The second kappa shape index (κ2) is 5.38. The van der Waals surface area contributed by atoms with Gasteiger partial charge in [0, 0.05) is 17.1 Å². The maximum atomic E-state index is 12.2. The molecule has 3 rings (SSSR count). The van der Waals surface area contributed by atoms with Crippen molar-refractivity contribution in [3.8, 4) is 5.75 Å². The number of hydrogen-bond acceptors (Lipinski definition) is 2. The standard InChI is InChI=1S/C16H13F3N2O/c17-16(18,19)22-11-6-4-10(5-7-11)15(20)13-2-1-3-14-12(13)8-9-21-14/h1-9,15,21H,20H2/t15-/m1/s1. The van der Waals surface area contributed by atoms with E-state index in [1.54, 1.807) is 0 Å². The highest BCUT2D eigenvalue weighted by atomic mass is 19.4. The van der Waals surface area contributed by atoms with E-state index in [0.717, 1.165) is 16.5 Å². The van der Waals surface area contributed by atoms with Crippen molar-refractivity contribution in [1.82, 2.24) is 4.98 Å². The van der Waals surface area contributed by atoms with Gasteiger partial charge in [-0.2, -0.15) is 0 Å². The molecule has 0 fully saturated rings. The van der Waals surface area contributed by atoms with Gasteiger partial charge in [0.15, 0.2) is 0 Å². The minimum atomic E-state index is -4.69. The molecule has 0 amide bonds. The van der Waals surface area contributed by atoms with Gasteiger partial charge < -0.3 is 15.5 Å². The minimum Gasteiger partial charge on any atom is -0.406 e. The first-order chi connectivity index (χ1) is 10.4. The van der Waals surface area contributed by atoms with E-state index in [0.29, 0.717) is 5.56 Å². The third kappa shape index (κ3) is 2.92. The molecular formula is C16H13F3N2O. The molecule has 0 bridgehead atoms. The molecule has 22 heavy (non-hydrogen) atoms. The summed E-state index contributed by atoms with van der Waals surface area (Å²) in [5.41, 5.74) is 8.82. The van der Waals surface area contributed by atoms with Gasteiger partial charge >= 0.3 is 6.36 Å². The quantitative estimate of drug-likeness (QED) is 0.765. The number of nitrogens with two attached hydrogens (primary N) is 1. The van der Waals surface area contributed by atoms with Crippen molar-refractivity contribution in [1.29, 1.82) is 0 Å². The first-order valence-corrected chi connectivity index (χ1v) is 6.61. The van der Waals surface area contributed by atoms with E-state index in [1.165, 1.54) is 24.3 Å². The second-order valence-electron chi connectivity index (χ2n) is 4.88.